The zero-order chi connectivity index (χ0) is 10.6. The Morgan fingerprint density at radius 1 is 1.36 bits per heavy atom. The summed E-state index contributed by atoms with van der Waals surface area (Å²) in [7, 11) is 1.78. The molecule has 4 heteroatoms. The predicted octanol–water partition coefficient (Wildman–Crippen LogP) is 0.900. The second-order valence-electron chi connectivity index (χ2n) is 2.65. The third-order valence-corrected chi connectivity index (χ3v) is 1.76. The molecule has 0 unspecified atom stereocenters. The van der Waals surface area contributed by atoms with Crippen molar-refractivity contribution in [1.29, 1.82) is 0 Å². The van der Waals surface area contributed by atoms with Crippen molar-refractivity contribution in [2.75, 3.05) is 26.8 Å². The van der Waals surface area contributed by atoms with Crippen LogP contribution in [0.1, 0.15) is 19.8 Å². The minimum Gasteiger partial charge on any atom is -0.380 e. The van der Waals surface area contributed by atoms with Crippen molar-refractivity contribution >= 4 is 17.3 Å². The molecular weight excluding hydrogens is 196 g/mol. The molecule has 0 bridgehead atoms. The molecule has 0 aromatic carbocycles. The van der Waals surface area contributed by atoms with Gasteiger partial charge in [0.1, 0.15) is 0 Å². The van der Waals surface area contributed by atoms with Crippen LogP contribution in [0.2, 0.25) is 0 Å². The van der Waals surface area contributed by atoms with Gasteiger partial charge in [0.15, 0.2) is 5.11 Å². The Morgan fingerprint density at radius 3 is 2.79 bits per heavy atom. The Kier molecular flexibility index (Phi) is 9.71. The van der Waals surface area contributed by atoms with Crippen LogP contribution in [-0.4, -0.2) is 31.9 Å². The van der Waals surface area contributed by atoms with Crippen molar-refractivity contribution in [2.45, 2.75) is 19.8 Å². The normalized spacial score (nSPS) is 8.71. The zero-order valence-corrected chi connectivity index (χ0v) is 9.67. The van der Waals surface area contributed by atoms with Gasteiger partial charge in [0.25, 0.3) is 0 Å². The molecule has 0 aliphatic rings. The minimum atomic E-state index is 0.591. The highest BCUT2D eigenvalue weighted by molar-refractivity contribution is 7.80. The highest BCUT2D eigenvalue weighted by Gasteiger charge is 1.85. The van der Waals surface area contributed by atoms with E-state index in [4.69, 9.17) is 17.0 Å². The van der Waals surface area contributed by atoms with Gasteiger partial charge in [-0.25, -0.2) is 0 Å². The monoisotopic (exact) mass is 214 g/mol. The first-order valence-corrected chi connectivity index (χ1v) is 5.21. The average Bonchev–Trinajstić information content (AvgIpc) is 2.21. The minimum absolute atomic E-state index is 0.591. The lowest BCUT2D eigenvalue weighted by Crippen LogP contribution is -2.32. The molecule has 0 fully saturated rings. The van der Waals surface area contributed by atoms with Gasteiger partial charge in [0.2, 0.25) is 0 Å². The second-order valence-corrected chi connectivity index (χ2v) is 3.06. The molecule has 0 aromatic rings. The quantitative estimate of drug-likeness (QED) is 0.405. The van der Waals surface area contributed by atoms with E-state index in [1.54, 1.807) is 7.05 Å². The molecule has 2 N–H and O–H groups in total. The molecule has 0 aliphatic heterocycles. The van der Waals surface area contributed by atoms with Crippen LogP contribution < -0.4 is 10.6 Å². The van der Waals surface area contributed by atoms with Crippen LogP contribution in [0.4, 0.5) is 0 Å². The number of thiocarbonyl (C=S) groups is 1. The van der Waals surface area contributed by atoms with Gasteiger partial charge in [-0.2, -0.15) is 0 Å². The Hall–Kier alpha value is -0.790. The van der Waals surface area contributed by atoms with Crippen molar-refractivity contribution in [2.24, 2.45) is 0 Å². The van der Waals surface area contributed by atoms with Gasteiger partial charge in [-0.1, -0.05) is 18.8 Å². The predicted molar refractivity (Wildman–Crippen MR) is 63.2 cm³/mol. The standard InChI is InChI=1S/C10H18N2OS/c1-3-8-13-9-6-4-5-7-12-10(14)11-2/h3,6-9H2,1-2H3,(H2,11,12,14). The first-order valence-electron chi connectivity index (χ1n) is 4.80. The summed E-state index contributed by atoms with van der Waals surface area (Å²) < 4.78 is 5.27. The van der Waals surface area contributed by atoms with E-state index in [1.165, 1.54) is 0 Å². The van der Waals surface area contributed by atoms with E-state index in [0.717, 1.165) is 26.1 Å². The molecule has 3 nitrogen and oxygen atoms in total. The van der Waals surface area contributed by atoms with Crippen LogP contribution in [0.5, 0.6) is 0 Å². The SMILES string of the molecule is CCCOCCC#CCNC(=S)NC. The van der Waals surface area contributed by atoms with Crippen molar-refractivity contribution in [3.05, 3.63) is 0 Å². The molecule has 0 radical (unpaired) electrons. The molecule has 0 amide bonds. The maximum atomic E-state index is 5.27. The van der Waals surface area contributed by atoms with Crippen LogP contribution in [0.25, 0.3) is 0 Å². The fraction of sp³-hybridized carbons (Fsp3) is 0.700. The van der Waals surface area contributed by atoms with E-state index in [9.17, 15) is 0 Å². The van der Waals surface area contributed by atoms with E-state index in [-0.39, 0.29) is 0 Å². The Bertz CT molecular complexity index is 208. The molecule has 0 aliphatic carbocycles. The lowest BCUT2D eigenvalue weighted by Gasteiger charge is -2.00. The van der Waals surface area contributed by atoms with Crippen LogP contribution >= 0.6 is 12.2 Å². The molecule has 0 rings (SSSR count). The van der Waals surface area contributed by atoms with Crippen molar-refractivity contribution in [3.8, 4) is 11.8 Å². The number of ether oxygens (including phenoxy) is 1. The lowest BCUT2D eigenvalue weighted by molar-refractivity contribution is 0.140. The van der Waals surface area contributed by atoms with Gasteiger partial charge >= 0.3 is 0 Å². The number of nitrogens with one attached hydrogen (secondary N) is 2. The van der Waals surface area contributed by atoms with E-state index in [1.807, 2.05) is 0 Å². The molecule has 0 atom stereocenters. The Labute approximate surface area is 91.6 Å². The Morgan fingerprint density at radius 2 is 2.14 bits per heavy atom. The molecule has 0 saturated heterocycles. The van der Waals surface area contributed by atoms with Gasteiger partial charge in [0.05, 0.1) is 13.2 Å². The summed E-state index contributed by atoms with van der Waals surface area (Å²) >= 11 is 4.88. The molecule has 0 spiro atoms. The summed E-state index contributed by atoms with van der Waals surface area (Å²) in [5.41, 5.74) is 0. The summed E-state index contributed by atoms with van der Waals surface area (Å²) in [4.78, 5) is 0. The van der Waals surface area contributed by atoms with Gasteiger partial charge in [-0.3, -0.25) is 0 Å². The van der Waals surface area contributed by atoms with Crippen LogP contribution in [0, 0.1) is 11.8 Å². The van der Waals surface area contributed by atoms with Gasteiger partial charge in [-0.15, -0.1) is 0 Å². The maximum absolute atomic E-state index is 5.27. The maximum Gasteiger partial charge on any atom is 0.166 e. The van der Waals surface area contributed by atoms with E-state index >= 15 is 0 Å². The highest BCUT2D eigenvalue weighted by Crippen LogP contribution is 1.82. The molecule has 80 valence electrons. The third-order valence-electron chi connectivity index (χ3n) is 1.41. The van der Waals surface area contributed by atoms with Crippen LogP contribution in [0.3, 0.4) is 0 Å². The first-order chi connectivity index (χ1) is 6.81. The van der Waals surface area contributed by atoms with E-state index < -0.39 is 0 Å². The van der Waals surface area contributed by atoms with Crippen LogP contribution in [-0.2, 0) is 4.74 Å². The summed E-state index contributed by atoms with van der Waals surface area (Å²) in [6.45, 7) is 4.23. The van der Waals surface area contributed by atoms with E-state index in [0.29, 0.717) is 11.7 Å². The van der Waals surface area contributed by atoms with Gasteiger partial charge in [-0.05, 0) is 18.6 Å². The summed E-state index contributed by atoms with van der Waals surface area (Å²) in [6.07, 6.45) is 1.85. The topological polar surface area (TPSA) is 33.3 Å². The average molecular weight is 214 g/mol. The fourth-order valence-electron chi connectivity index (χ4n) is 0.733. The van der Waals surface area contributed by atoms with Crippen molar-refractivity contribution < 1.29 is 4.74 Å². The van der Waals surface area contributed by atoms with Crippen LogP contribution in [0.15, 0.2) is 0 Å². The van der Waals surface area contributed by atoms with Crippen molar-refractivity contribution in [1.82, 2.24) is 10.6 Å². The molecule has 14 heavy (non-hydrogen) atoms. The number of rotatable bonds is 5. The van der Waals surface area contributed by atoms with Crippen molar-refractivity contribution in [3.63, 3.8) is 0 Å². The zero-order valence-electron chi connectivity index (χ0n) is 8.85. The summed E-state index contributed by atoms with van der Waals surface area (Å²) in [6, 6.07) is 0. The Balaban J connectivity index is 3.22. The third kappa shape index (κ3) is 9.30. The highest BCUT2D eigenvalue weighted by atomic mass is 32.1. The largest absolute Gasteiger partial charge is 0.380 e. The first kappa shape index (κ1) is 13.2. The molecule has 0 aromatic heterocycles. The molecule has 0 heterocycles. The number of hydrogen-bond acceptors (Lipinski definition) is 2. The molecular formula is C10H18N2OS. The van der Waals surface area contributed by atoms with E-state index in [2.05, 4.69) is 29.4 Å². The summed E-state index contributed by atoms with van der Waals surface area (Å²) in [5.74, 6) is 5.96. The van der Waals surface area contributed by atoms with Gasteiger partial charge in [0, 0.05) is 20.1 Å². The lowest BCUT2D eigenvalue weighted by atomic mass is 10.4. The molecule has 0 saturated carbocycles. The fourth-order valence-corrected chi connectivity index (χ4v) is 0.806. The smallest absolute Gasteiger partial charge is 0.166 e. The van der Waals surface area contributed by atoms with Gasteiger partial charge < -0.3 is 15.4 Å². The second kappa shape index (κ2) is 10.3. The number of hydrogen-bond donors (Lipinski definition) is 2. The summed E-state index contributed by atoms with van der Waals surface area (Å²) in [5, 5.41) is 6.38.